The molecule has 1 N–H and O–H groups in total. The molecule has 248 valence electrons. The Morgan fingerprint density at radius 2 is 1.91 bits per heavy atom. The second kappa shape index (κ2) is 11.3. The van der Waals surface area contributed by atoms with Crippen molar-refractivity contribution in [1.82, 2.24) is 29.3 Å². The van der Waals surface area contributed by atoms with Crippen LogP contribution in [0.15, 0.2) is 36.8 Å². The summed E-state index contributed by atoms with van der Waals surface area (Å²) >= 11 is 0. The quantitative estimate of drug-likeness (QED) is 0.385. The van der Waals surface area contributed by atoms with Crippen molar-refractivity contribution < 1.29 is 27.8 Å². The fourth-order valence-corrected chi connectivity index (χ4v) is 8.22. The van der Waals surface area contributed by atoms with Crippen molar-refractivity contribution in [1.29, 1.82) is 5.26 Å². The maximum absolute atomic E-state index is 13.2. The van der Waals surface area contributed by atoms with Crippen LogP contribution in [0.25, 0.3) is 16.6 Å². The summed E-state index contributed by atoms with van der Waals surface area (Å²) in [6.07, 6.45) is 4.27. The molecule has 0 spiro atoms. The number of piperazine rings is 1. The lowest BCUT2D eigenvalue weighted by Crippen LogP contribution is -2.58. The molecular formula is C33H37F3N8O3. The number of amides is 2. The van der Waals surface area contributed by atoms with E-state index in [9.17, 15) is 28.3 Å². The number of nitrogens with zero attached hydrogens (tertiary/aromatic N) is 8. The molecule has 3 aromatic rings. The number of rotatable bonds is 7. The van der Waals surface area contributed by atoms with E-state index in [1.165, 1.54) is 11.1 Å². The average Bonchev–Trinajstić information content (AvgIpc) is 3.56. The van der Waals surface area contributed by atoms with E-state index in [1.807, 2.05) is 18.2 Å². The summed E-state index contributed by atoms with van der Waals surface area (Å²) < 4.78 is 47.4. The zero-order valence-corrected chi connectivity index (χ0v) is 25.9. The highest BCUT2D eigenvalue weighted by Gasteiger charge is 2.58. The molecule has 5 fully saturated rings. The average molecular weight is 651 g/mol. The molecule has 1 aliphatic carbocycles. The number of carbonyl (C=O) groups is 1. The number of likely N-dealkylation sites (tertiary alicyclic amines) is 3. The largest absolute Gasteiger partial charge is 0.492 e. The standard InChI is InChI=1S/C33H37F3N8O3/c34-33(35,36)23-6-8-41(16-23)31(45)42-17-25-3-4-26(18-42)44(25)29-5-2-21(13-38-29)28-10-27(19-43-30(28)22(12-37)14-39-43)47-9-1-7-40-15-24-11-32(24,46)20-40/h2,5,10,13-14,19,23-26,46H,1,3-4,6-9,11,15-18,20H2. The molecule has 3 aromatic heterocycles. The summed E-state index contributed by atoms with van der Waals surface area (Å²) in [4.78, 5) is 25.6. The number of hydrogen-bond donors (Lipinski definition) is 1. The number of ether oxygens (including phenoxy) is 1. The Morgan fingerprint density at radius 3 is 2.57 bits per heavy atom. The third-order valence-corrected chi connectivity index (χ3v) is 10.8. The van der Waals surface area contributed by atoms with Gasteiger partial charge in [-0.05, 0) is 50.3 Å². The maximum Gasteiger partial charge on any atom is 0.393 e. The Hall–Kier alpha value is -4.09. The molecule has 7 heterocycles. The summed E-state index contributed by atoms with van der Waals surface area (Å²) in [5.41, 5.74) is 2.23. The smallest absolute Gasteiger partial charge is 0.393 e. The van der Waals surface area contributed by atoms with E-state index in [0.29, 0.717) is 42.4 Å². The second-order valence-corrected chi connectivity index (χ2v) is 13.9. The molecule has 11 nitrogen and oxygen atoms in total. The Kier molecular flexibility index (Phi) is 7.25. The molecule has 2 bridgehead atoms. The molecule has 0 aromatic carbocycles. The molecule has 4 saturated heterocycles. The van der Waals surface area contributed by atoms with E-state index in [2.05, 4.69) is 21.0 Å². The van der Waals surface area contributed by atoms with Gasteiger partial charge >= 0.3 is 12.2 Å². The van der Waals surface area contributed by atoms with Crippen LogP contribution in [-0.4, -0.2) is 117 Å². The minimum Gasteiger partial charge on any atom is -0.492 e. The highest BCUT2D eigenvalue weighted by atomic mass is 19.4. The number of carbonyl (C=O) groups excluding carboxylic acids is 1. The van der Waals surface area contributed by atoms with E-state index in [0.717, 1.165) is 62.3 Å². The normalized spacial score (nSPS) is 28.6. The van der Waals surface area contributed by atoms with Crippen LogP contribution in [0.1, 0.15) is 37.7 Å². The van der Waals surface area contributed by atoms with Crippen LogP contribution in [0.5, 0.6) is 5.75 Å². The van der Waals surface area contributed by atoms with Gasteiger partial charge in [-0.15, -0.1) is 0 Å². The van der Waals surface area contributed by atoms with Crippen molar-refractivity contribution in [2.45, 2.75) is 56.0 Å². The first-order valence-electron chi connectivity index (χ1n) is 16.4. The number of alkyl halides is 3. The molecule has 0 radical (unpaired) electrons. The molecule has 5 atom stereocenters. The van der Waals surface area contributed by atoms with Crippen LogP contribution in [-0.2, 0) is 0 Å². The molecule has 4 aliphatic heterocycles. The predicted octanol–water partition coefficient (Wildman–Crippen LogP) is 3.76. The number of aliphatic hydroxyl groups is 1. The summed E-state index contributed by atoms with van der Waals surface area (Å²) in [6, 6.07) is 7.84. The highest BCUT2D eigenvalue weighted by Crippen LogP contribution is 2.49. The fraction of sp³-hybridized carbons (Fsp3) is 0.576. The van der Waals surface area contributed by atoms with Crippen molar-refractivity contribution in [2.24, 2.45) is 11.8 Å². The summed E-state index contributed by atoms with van der Waals surface area (Å²) in [5.74, 6) is 0.386. The molecule has 2 amide bonds. The van der Waals surface area contributed by atoms with Gasteiger partial charge < -0.3 is 24.5 Å². The van der Waals surface area contributed by atoms with Crippen molar-refractivity contribution in [2.75, 3.05) is 57.3 Å². The number of halogens is 3. The number of hydrogen-bond acceptors (Lipinski definition) is 8. The van der Waals surface area contributed by atoms with Gasteiger partial charge in [0.15, 0.2) is 0 Å². The van der Waals surface area contributed by atoms with Gasteiger partial charge in [-0.3, -0.25) is 4.90 Å². The number of anilines is 1. The van der Waals surface area contributed by atoms with Gasteiger partial charge in [-0.25, -0.2) is 14.3 Å². The zero-order valence-electron chi connectivity index (χ0n) is 25.9. The predicted molar refractivity (Wildman–Crippen MR) is 165 cm³/mol. The number of pyridine rings is 2. The number of urea groups is 1. The molecular weight excluding hydrogens is 613 g/mol. The first-order valence-corrected chi connectivity index (χ1v) is 16.4. The Bertz CT molecular complexity index is 1710. The minimum absolute atomic E-state index is 0.0368. The number of β-amino-alcohol motifs (C(OH)–C–C–N with tert-alkyl or cyclic N) is 1. The van der Waals surface area contributed by atoms with Crippen LogP contribution < -0.4 is 9.64 Å². The van der Waals surface area contributed by atoms with Gasteiger partial charge in [0.25, 0.3) is 0 Å². The van der Waals surface area contributed by atoms with E-state index >= 15 is 0 Å². The summed E-state index contributed by atoms with van der Waals surface area (Å²) in [7, 11) is 0. The lowest BCUT2D eigenvalue weighted by atomic mass is 10.0. The van der Waals surface area contributed by atoms with E-state index in [1.54, 1.807) is 21.8 Å². The van der Waals surface area contributed by atoms with Gasteiger partial charge in [-0.2, -0.15) is 23.5 Å². The Balaban J connectivity index is 0.948. The molecule has 14 heteroatoms. The van der Waals surface area contributed by atoms with E-state index < -0.39 is 17.7 Å². The minimum atomic E-state index is -4.28. The van der Waals surface area contributed by atoms with Crippen LogP contribution in [0.4, 0.5) is 23.8 Å². The number of aromatic nitrogens is 3. The van der Waals surface area contributed by atoms with Crippen molar-refractivity contribution >= 4 is 17.4 Å². The van der Waals surface area contributed by atoms with Crippen LogP contribution in [0.2, 0.25) is 0 Å². The van der Waals surface area contributed by atoms with E-state index in [4.69, 9.17) is 9.72 Å². The van der Waals surface area contributed by atoms with Gasteiger partial charge in [0.1, 0.15) is 17.6 Å². The van der Waals surface area contributed by atoms with Gasteiger partial charge in [0.05, 0.1) is 41.6 Å². The SMILES string of the molecule is N#Cc1cnn2cc(OCCCN3CC4CC4(O)C3)cc(-c3ccc(N4C5CCC4CN(C(=O)N4CCC(C(F)(F)F)C4)C5)nc3)c12. The number of piperidine rings is 1. The lowest BCUT2D eigenvalue weighted by molar-refractivity contribution is -0.170. The fourth-order valence-electron chi connectivity index (χ4n) is 8.22. The van der Waals surface area contributed by atoms with Gasteiger partial charge in [0.2, 0.25) is 0 Å². The topological polar surface area (TPSA) is 113 Å². The molecule has 5 unspecified atom stereocenters. The highest BCUT2D eigenvalue weighted by molar-refractivity contribution is 5.85. The first kappa shape index (κ1) is 30.3. The number of nitriles is 1. The van der Waals surface area contributed by atoms with Crippen LogP contribution in [0.3, 0.4) is 0 Å². The first-order chi connectivity index (χ1) is 22.6. The van der Waals surface area contributed by atoms with Crippen LogP contribution >= 0.6 is 0 Å². The second-order valence-electron chi connectivity index (χ2n) is 13.9. The molecule has 5 aliphatic rings. The monoisotopic (exact) mass is 650 g/mol. The third kappa shape index (κ3) is 5.53. The molecule has 8 rings (SSSR count). The lowest BCUT2D eigenvalue weighted by Gasteiger charge is -2.42. The third-order valence-electron chi connectivity index (χ3n) is 10.8. The Labute approximate surface area is 270 Å². The summed E-state index contributed by atoms with van der Waals surface area (Å²) in [6.45, 7) is 3.82. The van der Waals surface area contributed by atoms with Crippen molar-refractivity contribution in [3.05, 3.63) is 42.4 Å². The molecule has 47 heavy (non-hydrogen) atoms. The van der Waals surface area contributed by atoms with Gasteiger partial charge in [0, 0.05) is 81.1 Å². The number of fused-ring (bicyclic) bond motifs is 4. The van der Waals surface area contributed by atoms with Crippen molar-refractivity contribution in [3.63, 3.8) is 0 Å². The Morgan fingerprint density at radius 1 is 1.11 bits per heavy atom. The maximum atomic E-state index is 13.2. The molecule has 1 saturated carbocycles. The van der Waals surface area contributed by atoms with Crippen molar-refractivity contribution in [3.8, 4) is 22.9 Å². The zero-order chi connectivity index (χ0) is 32.5. The van der Waals surface area contributed by atoms with Gasteiger partial charge in [-0.1, -0.05) is 0 Å². The van der Waals surface area contributed by atoms with Crippen LogP contribution in [0, 0.1) is 23.2 Å². The summed E-state index contributed by atoms with van der Waals surface area (Å²) in [5, 5.41) is 24.5. The van der Waals surface area contributed by atoms with E-state index in [-0.39, 0.29) is 37.6 Å².